The summed E-state index contributed by atoms with van der Waals surface area (Å²) >= 11 is 6.49. The third-order valence-corrected chi connectivity index (χ3v) is 6.41. The zero-order valence-electron chi connectivity index (χ0n) is 18.3. The maximum atomic E-state index is 6.49. The fraction of sp³-hybridized carbons (Fsp3) is 0.385. The molecule has 4 nitrogen and oxygen atoms in total. The molecule has 0 radical (unpaired) electrons. The summed E-state index contributed by atoms with van der Waals surface area (Å²) in [6, 6.07) is 21.3. The lowest BCUT2D eigenvalue weighted by Crippen LogP contribution is -2.42. The standard InChI is InChI=1S/C26H31ClN2O2/c1-29(18-19-7-4-3-5-8-19)15-6-9-24-26(28-14-16-31-24)21-10-12-22-20(17-21)11-13-23(30-2)25(22)27/h3-5,7-8,10-13,17,24,26,28H,6,9,14-16,18H2,1-2H3. The average Bonchev–Trinajstić information content (AvgIpc) is 2.80. The Labute approximate surface area is 190 Å². The molecular formula is C26H31ClN2O2. The highest BCUT2D eigenvalue weighted by Crippen LogP contribution is 2.35. The number of hydrogen-bond acceptors (Lipinski definition) is 4. The smallest absolute Gasteiger partial charge is 0.138 e. The lowest BCUT2D eigenvalue weighted by atomic mass is 9.94. The van der Waals surface area contributed by atoms with Gasteiger partial charge in [-0.2, -0.15) is 0 Å². The van der Waals surface area contributed by atoms with E-state index < -0.39 is 0 Å². The summed E-state index contributed by atoms with van der Waals surface area (Å²) in [5.41, 5.74) is 2.60. The van der Waals surface area contributed by atoms with E-state index in [0.717, 1.165) is 49.9 Å². The van der Waals surface area contributed by atoms with Crippen LogP contribution >= 0.6 is 11.6 Å². The van der Waals surface area contributed by atoms with Gasteiger partial charge >= 0.3 is 0 Å². The third kappa shape index (κ3) is 5.39. The SMILES string of the molecule is COc1ccc2cc(C3NCCOC3CCCN(C)Cc3ccccc3)ccc2c1Cl. The normalized spacial score (nSPS) is 19.1. The van der Waals surface area contributed by atoms with E-state index in [9.17, 15) is 0 Å². The molecule has 0 saturated carbocycles. The number of morpholine rings is 1. The van der Waals surface area contributed by atoms with Gasteiger partial charge in [-0.1, -0.05) is 60.1 Å². The molecule has 1 aliphatic rings. The number of fused-ring (bicyclic) bond motifs is 1. The first-order valence-corrected chi connectivity index (χ1v) is 11.4. The number of ether oxygens (including phenoxy) is 2. The monoisotopic (exact) mass is 438 g/mol. The van der Waals surface area contributed by atoms with Crippen LogP contribution in [0.25, 0.3) is 10.8 Å². The number of nitrogens with one attached hydrogen (secondary N) is 1. The summed E-state index contributed by atoms with van der Waals surface area (Å²) < 4.78 is 11.5. The Kier molecular flexibility index (Phi) is 7.46. The van der Waals surface area contributed by atoms with E-state index in [1.165, 1.54) is 11.1 Å². The van der Waals surface area contributed by atoms with Gasteiger partial charge in [0.05, 0.1) is 30.9 Å². The Morgan fingerprint density at radius 2 is 1.97 bits per heavy atom. The molecule has 1 fully saturated rings. The van der Waals surface area contributed by atoms with Crippen molar-refractivity contribution in [3.05, 3.63) is 76.8 Å². The first-order chi connectivity index (χ1) is 15.2. The zero-order chi connectivity index (χ0) is 21.6. The van der Waals surface area contributed by atoms with Gasteiger partial charge in [-0.05, 0) is 55.1 Å². The Bertz CT molecular complexity index is 995. The second-order valence-corrected chi connectivity index (χ2v) is 8.65. The summed E-state index contributed by atoms with van der Waals surface area (Å²) in [4.78, 5) is 2.38. The van der Waals surface area contributed by atoms with Gasteiger partial charge < -0.3 is 19.7 Å². The van der Waals surface area contributed by atoms with Gasteiger partial charge in [-0.25, -0.2) is 0 Å². The summed E-state index contributed by atoms with van der Waals surface area (Å²) in [5.74, 6) is 0.707. The minimum atomic E-state index is 0.171. The van der Waals surface area contributed by atoms with Gasteiger partial charge in [0.25, 0.3) is 0 Å². The number of benzene rings is 3. The molecule has 1 aliphatic heterocycles. The predicted molar refractivity (Wildman–Crippen MR) is 128 cm³/mol. The topological polar surface area (TPSA) is 33.7 Å². The summed E-state index contributed by atoms with van der Waals surface area (Å²) in [6.45, 7) is 3.66. The fourth-order valence-electron chi connectivity index (χ4n) is 4.41. The van der Waals surface area contributed by atoms with Gasteiger partial charge in [-0.15, -0.1) is 0 Å². The van der Waals surface area contributed by atoms with E-state index in [1.807, 2.05) is 6.07 Å². The van der Waals surface area contributed by atoms with Crippen LogP contribution in [0.15, 0.2) is 60.7 Å². The van der Waals surface area contributed by atoms with Gasteiger partial charge in [0.2, 0.25) is 0 Å². The maximum absolute atomic E-state index is 6.49. The van der Waals surface area contributed by atoms with E-state index in [4.69, 9.17) is 21.1 Å². The van der Waals surface area contributed by atoms with Crippen molar-refractivity contribution in [2.24, 2.45) is 0 Å². The van der Waals surface area contributed by atoms with Crippen LogP contribution in [-0.4, -0.2) is 44.9 Å². The minimum absolute atomic E-state index is 0.171. The molecule has 164 valence electrons. The molecule has 1 saturated heterocycles. The molecule has 0 aliphatic carbocycles. The van der Waals surface area contributed by atoms with Crippen LogP contribution < -0.4 is 10.1 Å². The molecule has 0 aromatic heterocycles. The fourth-order valence-corrected chi connectivity index (χ4v) is 4.73. The third-order valence-electron chi connectivity index (χ3n) is 6.02. The van der Waals surface area contributed by atoms with Gasteiger partial charge in [0.15, 0.2) is 0 Å². The molecule has 1 N–H and O–H groups in total. The molecule has 31 heavy (non-hydrogen) atoms. The highest BCUT2D eigenvalue weighted by atomic mass is 35.5. The molecule has 4 rings (SSSR count). The van der Waals surface area contributed by atoms with Crippen molar-refractivity contribution in [3.63, 3.8) is 0 Å². The molecule has 2 atom stereocenters. The molecule has 0 spiro atoms. The Morgan fingerprint density at radius 1 is 1.13 bits per heavy atom. The largest absolute Gasteiger partial charge is 0.495 e. The van der Waals surface area contributed by atoms with E-state index in [2.05, 4.69) is 71.9 Å². The first-order valence-electron chi connectivity index (χ1n) is 11.0. The molecule has 2 unspecified atom stereocenters. The molecule has 1 heterocycles. The van der Waals surface area contributed by atoms with Gasteiger partial charge in [0.1, 0.15) is 5.75 Å². The van der Waals surface area contributed by atoms with Gasteiger partial charge in [-0.3, -0.25) is 0 Å². The predicted octanol–water partition coefficient (Wildman–Crippen LogP) is 5.44. The van der Waals surface area contributed by atoms with E-state index in [-0.39, 0.29) is 12.1 Å². The molecule has 5 heteroatoms. The molecular weight excluding hydrogens is 408 g/mol. The van der Waals surface area contributed by atoms with Crippen molar-refractivity contribution < 1.29 is 9.47 Å². The van der Waals surface area contributed by atoms with Crippen molar-refractivity contribution in [1.29, 1.82) is 0 Å². The molecule has 0 amide bonds. The van der Waals surface area contributed by atoms with Crippen LogP contribution in [0.3, 0.4) is 0 Å². The minimum Gasteiger partial charge on any atom is -0.495 e. The van der Waals surface area contributed by atoms with Crippen molar-refractivity contribution in [3.8, 4) is 5.75 Å². The lowest BCUT2D eigenvalue weighted by Gasteiger charge is -2.34. The van der Waals surface area contributed by atoms with Crippen LogP contribution in [-0.2, 0) is 11.3 Å². The van der Waals surface area contributed by atoms with Crippen LogP contribution in [0.5, 0.6) is 5.75 Å². The second-order valence-electron chi connectivity index (χ2n) is 8.27. The van der Waals surface area contributed by atoms with Gasteiger partial charge in [0, 0.05) is 18.5 Å². The zero-order valence-corrected chi connectivity index (χ0v) is 19.1. The highest BCUT2D eigenvalue weighted by Gasteiger charge is 2.27. The van der Waals surface area contributed by atoms with Crippen LogP contribution in [0, 0.1) is 0 Å². The van der Waals surface area contributed by atoms with Crippen LogP contribution in [0.4, 0.5) is 0 Å². The number of rotatable bonds is 8. The molecule has 0 bridgehead atoms. The molecule has 3 aromatic rings. The number of halogens is 1. The number of nitrogens with zero attached hydrogens (tertiary/aromatic N) is 1. The Hall–Kier alpha value is -2.11. The van der Waals surface area contributed by atoms with Crippen molar-refractivity contribution in [2.75, 3.05) is 33.9 Å². The summed E-state index contributed by atoms with van der Waals surface area (Å²) in [5, 5.41) is 6.47. The van der Waals surface area contributed by atoms with Crippen molar-refractivity contribution in [2.45, 2.75) is 31.5 Å². The number of methoxy groups -OCH3 is 1. The van der Waals surface area contributed by atoms with E-state index >= 15 is 0 Å². The Morgan fingerprint density at radius 3 is 2.77 bits per heavy atom. The summed E-state index contributed by atoms with van der Waals surface area (Å²) in [6.07, 6.45) is 2.30. The summed E-state index contributed by atoms with van der Waals surface area (Å²) in [7, 11) is 3.83. The van der Waals surface area contributed by atoms with Crippen molar-refractivity contribution in [1.82, 2.24) is 10.2 Å². The van der Waals surface area contributed by atoms with Crippen molar-refractivity contribution >= 4 is 22.4 Å². The quantitative estimate of drug-likeness (QED) is 0.507. The highest BCUT2D eigenvalue weighted by molar-refractivity contribution is 6.37. The van der Waals surface area contributed by atoms with E-state index in [0.29, 0.717) is 10.8 Å². The second kappa shape index (κ2) is 10.5. The first kappa shape index (κ1) is 22.1. The number of hydrogen-bond donors (Lipinski definition) is 1. The van der Waals surface area contributed by atoms with Crippen LogP contribution in [0.1, 0.15) is 30.0 Å². The van der Waals surface area contributed by atoms with Crippen LogP contribution in [0.2, 0.25) is 5.02 Å². The Balaban J connectivity index is 1.40. The molecule has 3 aromatic carbocycles. The lowest BCUT2D eigenvalue weighted by molar-refractivity contribution is -0.0114. The maximum Gasteiger partial charge on any atom is 0.138 e. The van der Waals surface area contributed by atoms with E-state index in [1.54, 1.807) is 7.11 Å². The average molecular weight is 439 g/mol.